The molecule has 1 saturated heterocycles. The molecule has 0 aliphatic carbocycles. The zero-order valence-electron chi connectivity index (χ0n) is 18.6. The van der Waals surface area contributed by atoms with E-state index in [0.717, 1.165) is 37.9 Å². The fourth-order valence-electron chi connectivity index (χ4n) is 4.25. The third-order valence-electron chi connectivity index (χ3n) is 5.97. The molecule has 2 aromatic carbocycles. The zero-order chi connectivity index (χ0) is 23.4. The summed E-state index contributed by atoms with van der Waals surface area (Å²) in [6.07, 6.45) is 3.80. The van der Waals surface area contributed by atoms with Crippen LogP contribution in [-0.2, 0) is 11.2 Å². The highest BCUT2D eigenvalue weighted by Crippen LogP contribution is 2.34. The van der Waals surface area contributed by atoms with Crippen molar-refractivity contribution in [2.75, 3.05) is 37.7 Å². The zero-order valence-corrected chi connectivity index (χ0v) is 18.6. The lowest BCUT2D eigenvalue weighted by Crippen LogP contribution is -2.38. The van der Waals surface area contributed by atoms with Gasteiger partial charge in [-0.1, -0.05) is 6.07 Å². The third-order valence-corrected chi connectivity index (χ3v) is 5.97. The molecule has 2 aromatic rings. The molecular weight excluding hydrogens is 426 g/mol. The van der Waals surface area contributed by atoms with Crippen molar-refractivity contribution in [1.29, 1.82) is 0 Å². The van der Waals surface area contributed by atoms with E-state index >= 15 is 0 Å². The van der Waals surface area contributed by atoms with Crippen LogP contribution in [0.1, 0.15) is 42.1 Å². The summed E-state index contributed by atoms with van der Waals surface area (Å²) in [7, 11) is 0. The Labute approximate surface area is 192 Å². The van der Waals surface area contributed by atoms with Crippen molar-refractivity contribution in [3.8, 4) is 11.5 Å². The van der Waals surface area contributed by atoms with Crippen LogP contribution in [0.4, 0.5) is 11.4 Å². The molecule has 0 saturated carbocycles. The lowest BCUT2D eigenvalue weighted by Gasteiger charge is -2.26. The van der Waals surface area contributed by atoms with Crippen LogP contribution < -0.4 is 14.4 Å². The fourth-order valence-corrected chi connectivity index (χ4v) is 4.25. The Bertz CT molecular complexity index is 1060. The number of anilines is 1. The Kier molecular flexibility index (Phi) is 6.76. The molecule has 2 amide bonds. The molecule has 2 heterocycles. The van der Waals surface area contributed by atoms with E-state index in [1.807, 2.05) is 11.8 Å². The number of nitro groups is 1. The second kappa shape index (κ2) is 9.89. The van der Waals surface area contributed by atoms with E-state index in [1.54, 1.807) is 29.2 Å². The first-order chi connectivity index (χ1) is 16.0. The van der Waals surface area contributed by atoms with Gasteiger partial charge in [0, 0.05) is 37.3 Å². The maximum absolute atomic E-state index is 13.2. The number of benzene rings is 2. The van der Waals surface area contributed by atoms with Crippen LogP contribution in [0.2, 0.25) is 0 Å². The minimum absolute atomic E-state index is 0.0504. The molecule has 33 heavy (non-hydrogen) atoms. The average molecular weight is 453 g/mol. The number of likely N-dealkylation sites (tertiary alicyclic amines) is 1. The summed E-state index contributed by atoms with van der Waals surface area (Å²) in [6, 6.07) is 9.45. The number of rotatable bonds is 7. The summed E-state index contributed by atoms with van der Waals surface area (Å²) in [6.45, 7) is 4.06. The number of carbonyl (C=O) groups excluding carboxylic acids is 2. The highest BCUT2D eigenvalue weighted by Gasteiger charge is 2.28. The van der Waals surface area contributed by atoms with Gasteiger partial charge in [0.25, 0.3) is 17.5 Å². The van der Waals surface area contributed by atoms with Crippen molar-refractivity contribution in [3.05, 3.63) is 57.6 Å². The molecule has 0 aromatic heterocycles. The van der Waals surface area contributed by atoms with Crippen molar-refractivity contribution in [3.63, 3.8) is 0 Å². The summed E-state index contributed by atoms with van der Waals surface area (Å²) in [5, 5.41) is 11.2. The molecule has 9 heteroatoms. The Morgan fingerprint density at radius 1 is 1.00 bits per heavy atom. The van der Waals surface area contributed by atoms with Gasteiger partial charge in [0.1, 0.15) is 0 Å². The second-order valence-electron chi connectivity index (χ2n) is 8.10. The second-order valence-corrected chi connectivity index (χ2v) is 8.10. The quantitative estimate of drug-likeness (QED) is 0.469. The number of amides is 2. The standard InChI is InChI=1S/C24H27N3O6/c1-2-32-22-14-18(7-9-21(22)33-16-23(28)25-11-4-3-5-12-25)24(29)26-13-10-17-6-8-19(27(30)31)15-20(17)26/h6-9,14-15H,2-5,10-13,16H2,1H3. The molecule has 2 aliphatic rings. The molecule has 0 atom stereocenters. The lowest BCUT2D eigenvalue weighted by atomic mass is 10.1. The SMILES string of the molecule is CCOc1cc(C(=O)N2CCc3ccc([N+](=O)[O-])cc32)ccc1OCC(=O)N1CCCCC1. The number of fused-ring (bicyclic) bond motifs is 1. The molecule has 0 N–H and O–H groups in total. The van der Waals surface area contributed by atoms with Crippen LogP contribution in [0.15, 0.2) is 36.4 Å². The number of hydrogen-bond donors (Lipinski definition) is 0. The van der Waals surface area contributed by atoms with E-state index in [4.69, 9.17) is 9.47 Å². The maximum atomic E-state index is 13.2. The minimum atomic E-state index is -0.467. The molecule has 1 fully saturated rings. The van der Waals surface area contributed by atoms with Gasteiger partial charge in [0.15, 0.2) is 18.1 Å². The van der Waals surface area contributed by atoms with Crippen LogP contribution in [0.25, 0.3) is 0 Å². The normalized spacial score (nSPS) is 15.2. The number of nitrogens with zero attached hydrogens (tertiary/aromatic N) is 3. The summed E-state index contributed by atoms with van der Waals surface area (Å²) in [5.41, 5.74) is 1.79. The molecule has 174 valence electrons. The highest BCUT2D eigenvalue weighted by molar-refractivity contribution is 6.07. The van der Waals surface area contributed by atoms with Gasteiger partial charge in [-0.15, -0.1) is 0 Å². The summed E-state index contributed by atoms with van der Waals surface area (Å²) < 4.78 is 11.4. The van der Waals surface area contributed by atoms with E-state index in [9.17, 15) is 19.7 Å². The maximum Gasteiger partial charge on any atom is 0.271 e. The van der Waals surface area contributed by atoms with Gasteiger partial charge >= 0.3 is 0 Å². The summed E-state index contributed by atoms with van der Waals surface area (Å²) in [4.78, 5) is 39.7. The van der Waals surface area contributed by atoms with E-state index < -0.39 is 4.92 Å². The van der Waals surface area contributed by atoms with Crippen LogP contribution in [0.5, 0.6) is 11.5 Å². The van der Waals surface area contributed by atoms with Crippen LogP contribution in [-0.4, -0.2) is 54.5 Å². The third kappa shape index (κ3) is 4.92. The van der Waals surface area contributed by atoms with Crippen molar-refractivity contribution < 1.29 is 24.0 Å². The summed E-state index contributed by atoms with van der Waals surface area (Å²) in [5.74, 6) is 0.447. The molecule has 0 unspecified atom stereocenters. The molecular formula is C24H27N3O6. The van der Waals surface area contributed by atoms with E-state index in [-0.39, 0.29) is 24.1 Å². The molecule has 0 spiro atoms. The number of non-ortho nitro benzene ring substituents is 1. The smallest absolute Gasteiger partial charge is 0.271 e. The highest BCUT2D eigenvalue weighted by atomic mass is 16.6. The fraction of sp³-hybridized carbons (Fsp3) is 0.417. The predicted molar refractivity (Wildman–Crippen MR) is 122 cm³/mol. The van der Waals surface area contributed by atoms with E-state index in [1.165, 1.54) is 12.1 Å². The van der Waals surface area contributed by atoms with Crippen molar-refractivity contribution in [1.82, 2.24) is 4.90 Å². The molecule has 0 bridgehead atoms. The predicted octanol–water partition coefficient (Wildman–Crippen LogP) is 3.59. The van der Waals surface area contributed by atoms with E-state index in [2.05, 4.69) is 0 Å². The largest absolute Gasteiger partial charge is 0.490 e. The molecule has 9 nitrogen and oxygen atoms in total. The number of carbonyl (C=O) groups is 2. The van der Waals surface area contributed by atoms with Gasteiger partial charge in [-0.2, -0.15) is 0 Å². The molecule has 0 radical (unpaired) electrons. The lowest BCUT2D eigenvalue weighted by molar-refractivity contribution is -0.384. The Balaban J connectivity index is 1.51. The van der Waals surface area contributed by atoms with Crippen LogP contribution in [0.3, 0.4) is 0 Å². The number of nitro benzene ring substituents is 1. The summed E-state index contributed by atoms with van der Waals surface area (Å²) >= 11 is 0. The monoisotopic (exact) mass is 453 g/mol. The van der Waals surface area contributed by atoms with Gasteiger partial charge in [-0.25, -0.2) is 0 Å². The number of ether oxygens (including phenoxy) is 2. The molecule has 2 aliphatic heterocycles. The van der Waals surface area contributed by atoms with Crippen molar-refractivity contribution >= 4 is 23.2 Å². The Morgan fingerprint density at radius 2 is 1.79 bits per heavy atom. The van der Waals surface area contributed by atoms with Gasteiger partial charge < -0.3 is 19.3 Å². The Hall–Kier alpha value is -3.62. The minimum Gasteiger partial charge on any atom is -0.490 e. The first-order valence-electron chi connectivity index (χ1n) is 11.2. The number of hydrogen-bond acceptors (Lipinski definition) is 6. The van der Waals surface area contributed by atoms with Gasteiger partial charge in [-0.05, 0) is 56.4 Å². The molecule has 4 rings (SSSR count). The van der Waals surface area contributed by atoms with E-state index in [0.29, 0.717) is 42.3 Å². The Morgan fingerprint density at radius 3 is 2.52 bits per heavy atom. The van der Waals surface area contributed by atoms with Crippen LogP contribution >= 0.6 is 0 Å². The number of piperidine rings is 1. The van der Waals surface area contributed by atoms with Gasteiger partial charge in [-0.3, -0.25) is 19.7 Å². The first kappa shape index (κ1) is 22.6. The van der Waals surface area contributed by atoms with Crippen molar-refractivity contribution in [2.24, 2.45) is 0 Å². The average Bonchev–Trinajstić information content (AvgIpc) is 3.26. The van der Waals surface area contributed by atoms with Gasteiger partial charge in [0.05, 0.1) is 17.2 Å². The topological polar surface area (TPSA) is 102 Å². The first-order valence-corrected chi connectivity index (χ1v) is 11.2. The van der Waals surface area contributed by atoms with Crippen molar-refractivity contribution in [2.45, 2.75) is 32.6 Å². The van der Waals surface area contributed by atoms with Gasteiger partial charge in [0.2, 0.25) is 0 Å². The van der Waals surface area contributed by atoms with Crippen LogP contribution in [0, 0.1) is 10.1 Å².